The fourth-order valence-corrected chi connectivity index (χ4v) is 2.87. The van der Waals surface area contributed by atoms with Crippen molar-refractivity contribution in [1.29, 1.82) is 0 Å². The topological polar surface area (TPSA) is 104 Å². The first kappa shape index (κ1) is 19.2. The lowest BCUT2D eigenvalue weighted by atomic mass is 9.79. The molecule has 3 rings (SSSR count). The Bertz CT molecular complexity index is 767. The maximum Gasteiger partial charge on any atom is 0.373 e. The van der Waals surface area contributed by atoms with Crippen LogP contribution in [0.25, 0.3) is 11.0 Å². The predicted octanol–water partition coefficient (Wildman–Crippen LogP) is 2.34. The van der Waals surface area contributed by atoms with Gasteiger partial charge in [0.2, 0.25) is 11.7 Å². The van der Waals surface area contributed by atoms with Gasteiger partial charge in [0.15, 0.2) is 0 Å². The summed E-state index contributed by atoms with van der Waals surface area (Å²) in [5, 5.41) is 3.63. The van der Waals surface area contributed by atoms with E-state index in [1.54, 1.807) is 24.3 Å². The van der Waals surface area contributed by atoms with Gasteiger partial charge < -0.3 is 24.9 Å². The molecule has 7 nitrogen and oxygen atoms in total. The molecule has 0 spiro atoms. The van der Waals surface area contributed by atoms with Crippen molar-refractivity contribution in [3.8, 4) is 0 Å². The number of benzene rings is 1. The maximum atomic E-state index is 12.7. The van der Waals surface area contributed by atoms with Crippen LogP contribution >= 0.6 is 12.4 Å². The molecule has 1 aromatic carbocycles. The molecule has 0 radical (unpaired) electrons. The molecule has 0 atom stereocenters. The fourth-order valence-electron chi connectivity index (χ4n) is 2.87. The van der Waals surface area contributed by atoms with Gasteiger partial charge in [0.05, 0.1) is 12.5 Å². The number of hydrogen-bond donors (Lipinski definition) is 2. The second kappa shape index (κ2) is 7.86. The van der Waals surface area contributed by atoms with Crippen LogP contribution in [0, 0.1) is 5.41 Å². The van der Waals surface area contributed by atoms with Crippen LogP contribution in [-0.4, -0.2) is 38.7 Å². The number of carbonyl (C=O) groups is 2. The highest BCUT2D eigenvalue weighted by molar-refractivity contribution is 5.98. The van der Waals surface area contributed by atoms with Crippen molar-refractivity contribution in [2.24, 2.45) is 11.1 Å². The largest absolute Gasteiger partial charge is 0.463 e. The first-order chi connectivity index (χ1) is 11.6. The number of furan rings is 1. The Kier molecular flexibility index (Phi) is 6.05. The zero-order chi connectivity index (χ0) is 17.2. The molecule has 1 saturated heterocycles. The molecular formula is C17H21ClN2O5. The molecule has 1 amide bonds. The number of esters is 1. The van der Waals surface area contributed by atoms with Gasteiger partial charge in [0.1, 0.15) is 5.58 Å². The third-order valence-corrected chi connectivity index (χ3v) is 4.48. The second-order valence-electron chi connectivity index (χ2n) is 5.91. The maximum absolute atomic E-state index is 12.7. The van der Waals surface area contributed by atoms with Crippen molar-refractivity contribution in [2.45, 2.75) is 12.8 Å². The van der Waals surface area contributed by atoms with Gasteiger partial charge in [-0.25, -0.2) is 4.79 Å². The average molecular weight is 369 g/mol. The van der Waals surface area contributed by atoms with Gasteiger partial charge >= 0.3 is 5.97 Å². The minimum atomic E-state index is -0.596. The molecule has 0 bridgehead atoms. The Balaban J connectivity index is 0.00000225. The predicted molar refractivity (Wildman–Crippen MR) is 95.0 cm³/mol. The summed E-state index contributed by atoms with van der Waals surface area (Å²) in [7, 11) is 1.29. The summed E-state index contributed by atoms with van der Waals surface area (Å²) in [6.07, 6.45) is 1.21. The van der Waals surface area contributed by atoms with Gasteiger partial charge in [0.25, 0.3) is 0 Å². The lowest BCUT2D eigenvalue weighted by Gasteiger charge is -2.34. The highest BCUT2D eigenvalue weighted by atomic mass is 35.5. The molecular weight excluding hydrogens is 348 g/mol. The van der Waals surface area contributed by atoms with E-state index >= 15 is 0 Å². The summed E-state index contributed by atoms with van der Waals surface area (Å²) in [4.78, 5) is 24.2. The number of hydrogen-bond acceptors (Lipinski definition) is 6. The number of halogens is 1. The molecule has 1 aromatic heterocycles. The number of fused-ring (bicyclic) bond motifs is 1. The van der Waals surface area contributed by atoms with E-state index in [1.165, 1.54) is 7.11 Å². The monoisotopic (exact) mass is 368 g/mol. The smallest absolute Gasteiger partial charge is 0.373 e. The molecule has 3 N–H and O–H groups in total. The molecule has 8 heteroatoms. The molecule has 1 aliphatic heterocycles. The van der Waals surface area contributed by atoms with Gasteiger partial charge in [-0.05, 0) is 37.1 Å². The summed E-state index contributed by atoms with van der Waals surface area (Å²) in [5.74, 6) is -0.524. The van der Waals surface area contributed by atoms with Crippen LogP contribution in [0.5, 0.6) is 0 Å². The number of nitrogens with two attached hydrogens (primary N) is 1. The van der Waals surface area contributed by atoms with E-state index < -0.39 is 11.4 Å². The first-order valence-corrected chi connectivity index (χ1v) is 7.79. The van der Waals surface area contributed by atoms with Crippen molar-refractivity contribution >= 4 is 40.9 Å². The number of anilines is 1. The number of nitrogens with one attached hydrogen (secondary N) is 1. The lowest BCUT2D eigenvalue weighted by molar-refractivity contribution is -0.130. The molecule has 0 saturated carbocycles. The summed E-state index contributed by atoms with van der Waals surface area (Å²) >= 11 is 0. The van der Waals surface area contributed by atoms with Crippen LogP contribution < -0.4 is 11.1 Å². The normalized spacial score (nSPS) is 16.1. The summed E-state index contributed by atoms with van der Waals surface area (Å²) in [5.41, 5.74) is 6.43. The van der Waals surface area contributed by atoms with E-state index in [9.17, 15) is 9.59 Å². The number of carbonyl (C=O) groups excluding carboxylic acids is 2. The Hall–Kier alpha value is -2.09. The molecule has 2 aromatic rings. The third kappa shape index (κ3) is 3.78. The van der Waals surface area contributed by atoms with Crippen LogP contribution in [0.3, 0.4) is 0 Å². The van der Waals surface area contributed by atoms with E-state index in [4.69, 9.17) is 14.9 Å². The van der Waals surface area contributed by atoms with Crippen LogP contribution in [-0.2, 0) is 14.3 Å². The minimum Gasteiger partial charge on any atom is -0.463 e. The Labute approximate surface area is 151 Å². The van der Waals surface area contributed by atoms with Crippen molar-refractivity contribution in [2.75, 3.05) is 32.2 Å². The Morgan fingerprint density at radius 1 is 1.28 bits per heavy atom. The SMILES string of the molecule is COC(=O)c1cc2cc(NC(=O)C3(CN)CCOCC3)ccc2o1.Cl. The third-order valence-electron chi connectivity index (χ3n) is 4.48. The Morgan fingerprint density at radius 2 is 2.00 bits per heavy atom. The molecule has 0 aliphatic carbocycles. The highest BCUT2D eigenvalue weighted by Gasteiger charge is 2.38. The minimum absolute atomic E-state index is 0. The highest BCUT2D eigenvalue weighted by Crippen LogP contribution is 2.31. The van der Waals surface area contributed by atoms with Crippen molar-refractivity contribution in [3.05, 3.63) is 30.0 Å². The average Bonchev–Trinajstić information content (AvgIpc) is 3.04. The van der Waals surface area contributed by atoms with E-state index in [1.807, 2.05) is 0 Å². The quantitative estimate of drug-likeness (QED) is 0.803. The standard InChI is InChI=1S/C17H20N2O5.ClH/c1-22-15(20)14-9-11-8-12(2-3-13(11)24-14)19-16(21)17(10-18)4-6-23-7-5-17;/h2-3,8-9H,4-7,10,18H2,1H3,(H,19,21);1H. The van der Waals surface area contributed by atoms with Crippen LogP contribution in [0.4, 0.5) is 5.69 Å². The van der Waals surface area contributed by atoms with Crippen molar-refractivity contribution < 1.29 is 23.5 Å². The summed E-state index contributed by atoms with van der Waals surface area (Å²) in [6, 6.07) is 6.78. The van der Waals surface area contributed by atoms with Crippen molar-refractivity contribution in [3.63, 3.8) is 0 Å². The Morgan fingerprint density at radius 3 is 2.64 bits per heavy atom. The van der Waals surface area contributed by atoms with E-state index in [0.717, 1.165) is 0 Å². The van der Waals surface area contributed by atoms with Gasteiger partial charge in [-0.2, -0.15) is 0 Å². The molecule has 1 fully saturated rings. The van der Waals surface area contributed by atoms with Crippen LogP contribution in [0.15, 0.2) is 28.7 Å². The molecule has 25 heavy (non-hydrogen) atoms. The van der Waals surface area contributed by atoms with Gasteiger partial charge in [-0.3, -0.25) is 4.79 Å². The number of rotatable bonds is 4. The van der Waals surface area contributed by atoms with E-state index in [0.29, 0.717) is 42.7 Å². The second-order valence-corrected chi connectivity index (χ2v) is 5.91. The first-order valence-electron chi connectivity index (χ1n) is 7.79. The fraction of sp³-hybridized carbons (Fsp3) is 0.412. The number of methoxy groups -OCH3 is 1. The van der Waals surface area contributed by atoms with E-state index in [2.05, 4.69) is 10.1 Å². The molecule has 136 valence electrons. The number of amides is 1. The van der Waals surface area contributed by atoms with Crippen molar-refractivity contribution in [1.82, 2.24) is 0 Å². The van der Waals surface area contributed by atoms with Gasteiger partial charge in [-0.1, -0.05) is 0 Å². The van der Waals surface area contributed by atoms with Gasteiger partial charge in [-0.15, -0.1) is 12.4 Å². The molecule has 2 heterocycles. The number of ether oxygens (including phenoxy) is 2. The zero-order valence-corrected chi connectivity index (χ0v) is 14.7. The molecule has 1 aliphatic rings. The van der Waals surface area contributed by atoms with Crippen LogP contribution in [0.2, 0.25) is 0 Å². The lowest BCUT2D eigenvalue weighted by Crippen LogP contribution is -2.46. The summed E-state index contributed by atoms with van der Waals surface area (Å²) in [6.45, 7) is 1.35. The van der Waals surface area contributed by atoms with E-state index in [-0.39, 0.29) is 30.6 Å². The molecule has 0 unspecified atom stereocenters. The zero-order valence-electron chi connectivity index (χ0n) is 13.9. The summed E-state index contributed by atoms with van der Waals surface area (Å²) < 4.78 is 15.4. The van der Waals surface area contributed by atoms with Gasteiger partial charge in [0, 0.05) is 30.8 Å². The van der Waals surface area contributed by atoms with Crippen LogP contribution in [0.1, 0.15) is 23.4 Å².